The van der Waals surface area contributed by atoms with Gasteiger partial charge in [-0.1, -0.05) is 0 Å². The number of anilines is 2. The molecule has 2 aliphatic rings. The summed E-state index contributed by atoms with van der Waals surface area (Å²) in [6.45, 7) is 2.23. The van der Waals surface area contributed by atoms with E-state index >= 15 is 0 Å². The molecule has 1 aliphatic carbocycles. The van der Waals surface area contributed by atoms with Crippen LogP contribution in [-0.4, -0.2) is 17.7 Å². The monoisotopic (exact) mass is 248 g/mol. The van der Waals surface area contributed by atoms with Crippen LogP contribution in [0.4, 0.5) is 11.4 Å². The number of benzene rings is 1. The summed E-state index contributed by atoms with van der Waals surface area (Å²) >= 11 is 1.60. The van der Waals surface area contributed by atoms with Gasteiger partial charge in [0.2, 0.25) is 5.91 Å². The highest BCUT2D eigenvalue weighted by molar-refractivity contribution is 8.00. The minimum atomic E-state index is 0.0925. The number of thioether (sulfide) groups is 1. The van der Waals surface area contributed by atoms with Crippen molar-refractivity contribution in [2.24, 2.45) is 5.92 Å². The molecule has 0 bridgehead atoms. The highest BCUT2D eigenvalue weighted by Crippen LogP contribution is 2.36. The first-order chi connectivity index (χ1) is 8.22. The van der Waals surface area contributed by atoms with Crippen molar-refractivity contribution in [3.8, 4) is 0 Å². The molecule has 1 saturated carbocycles. The lowest BCUT2D eigenvalue weighted by molar-refractivity contribution is -0.113. The number of carbonyl (C=O) groups excluding carboxylic acids is 1. The molecule has 1 amide bonds. The van der Waals surface area contributed by atoms with Crippen LogP contribution in [0.15, 0.2) is 23.1 Å². The zero-order chi connectivity index (χ0) is 11.8. The van der Waals surface area contributed by atoms with Gasteiger partial charge < -0.3 is 10.6 Å². The molecule has 1 atom stereocenters. The second-order valence-electron chi connectivity index (χ2n) is 4.82. The highest BCUT2D eigenvalue weighted by Gasteiger charge is 2.27. The van der Waals surface area contributed by atoms with Crippen LogP contribution < -0.4 is 10.6 Å². The summed E-state index contributed by atoms with van der Waals surface area (Å²) in [4.78, 5) is 12.5. The maximum atomic E-state index is 11.3. The fourth-order valence-corrected chi connectivity index (χ4v) is 2.94. The molecular weight excluding hydrogens is 232 g/mol. The number of hydrogen-bond donors (Lipinski definition) is 2. The quantitative estimate of drug-likeness (QED) is 0.864. The lowest BCUT2D eigenvalue weighted by Gasteiger charge is -2.19. The molecule has 1 unspecified atom stereocenters. The smallest absolute Gasteiger partial charge is 0.234 e. The van der Waals surface area contributed by atoms with Crippen LogP contribution in [0.1, 0.15) is 19.8 Å². The van der Waals surface area contributed by atoms with Gasteiger partial charge in [-0.05, 0) is 43.9 Å². The average Bonchev–Trinajstić information content (AvgIpc) is 3.12. The van der Waals surface area contributed by atoms with E-state index in [0.29, 0.717) is 11.8 Å². The normalized spacial score (nSPS) is 20.4. The van der Waals surface area contributed by atoms with Gasteiger partial charge in [-0.3, -0.25) is 4.79 Å². The Bertz CT molecular complexity index is 457. The molecule has 17 heavy (non-hydrogen) atoms. The Hall–Kier alpha value is -1.16. The van der Waals surface area contributed by atoms with E-state index < -0.39 is 0 Å². The molecule has 0 aromatic heterocycles. The average molecular weight is 248 g/mol. The molecule has 1 aromatic carbocycles. The van der Waals surface area contributed by atoms with Gasteiger partial charge in [0.1, 0.15) is 0 Å². The number of amides is 1. The molecule has 1 aliphatic heterocycles. The summed E-state index contributed by atoms with van der Waals surface area (Å²) in [6.07, 6.45) is 2.68. The van der Waals surface area contributed by atoms with E-state index in [-0.39, 0.29) is 5.91 Å². The third kappa shape index (κ3) is 2.41. The Morgan fingerprint density at radius 2 is 2.29 bits per heavy atom. The van der Waals surface area contributed by atoms with E-state index in [1.807, 2.05) is 6.07 Å². The fraction of sp³-hybridized carbons (Fsp3) is 0.462. The first-order valence-corrected chi connectivity index (χ1v) is 7.04. The van der Waals surface area contributed by atoms with Crippen LogP contribution in [-0.2, 0) is 4.79 Å². The van der Waals surface area contributed by atoms with E-state index in [9.17, 15) is 4.79 Å². The highest BCUT2D eigenvalue weighted by atomic mass is 32.2. The van der Waals surface area contributed by atoms with Crippen LogP contribution >= 0.6 is 11.8 Å². The van der Waals surface area contributed by atoms with Gasteiger partial charge in [-0.25, -0.2) is 0 Å². The van der Waals surface area contributed by atoms with Crippen LogP contribution in [0.3, 0.4) is 0 Å². The van der Waals surface area contributed by atoms with Crippen molar-refractivity contribution in [3.05, 3.63) is 18.2 Å². The molecule has 0 radical (unpaired) electrons. The summed E-state index contributed by atoms with van der Waals surface area (Å²) in [5.74, 6) is 1.45. The van der Waals surface area contributed by atoms with Crippen molar-refractivity contribution in [1.29, 1.82) is 0 Å². The van der Waals surface area contributed by atoms with Crippen molar-refractivity contribution >= 4 is 29.0 Å². The van der Waals surface area contributed by atoms with Crippen LogP contribution in [0, 0.1) is 5.92 Å². The van der Waals surface area contributed by atoms with Gasteiger partial charge in [0.15, 0.2) is 0 Å². The molecule has 0 saturated heterocycles. The first kappa shape index (κ1) is 11.0. The Kier molecular flexibility index (Phi) is 2.74. The van der Waals surface area contributed by atoms with Gasteiger partial charge in [0.25, 0.3) is 0 Å². The molecule has 1 aromatic rings. The zero-order valence-corrected chi connectivity index (χ0v) is 10.6. The Labute approximate surface area is 105 Å². The summed E-state index contributed by atoms with van der Waals surface area (Å²) in [6, 6.07) is 6.75. The zero-order valence-electron chi connectivity index (χ0n) is 9.82. The van der Waals surface area contributed by atoms with Gasteiger partial charge in [-0.15, -0.1) is 11.8 Å². The topological polar surface area (TPSA) is 41.1 Å². The summed E-state index contributed by atoms with van der Waals surface area (Å²) in [5.41, 5.74) is 2.05. The van der Waals surface area contributed by atoms with E-state index in [1.165, 1.54) is 12.8 Å². The van der Waals surface area contributed by atoms with Crippen molar-refractivity contribution in [2.75, 3.05) is 16.4 Å². The Morgan fingerprint density at radius 1 is 1.47 bits per heavy atom. The number of hydrogen-bond acceptors (Lipinski definition) is 3. The maximum absolute atomic E-state index is 11.3. The number of fused-ring (bicyclic) bond motifs is 1. The molecule has 4 heteroatoms. The Morgan fingerprint density at radius 3 is 3.06 bits per heavy atom. The van der Waals surface area contributed by atoms with Gasteiger partial charge >= 0.3 is 0 Å². The summed E-state index contributed by atoms with van der Waals surface area (Å²) < 4.78 is 0. The molecular formula is C13H16N2OS. The minimum absolute atomic E-state index is 0.0925. The predicted octanol–water partition coefficient (Wildman–Crippen LogP) is 2.94. The van der Waals surface area contributed by atoms with Crippen LogP contribution in [0.25, 0.3) is 0 Å². The second kappa shape index (κ2) is 4.26. The maximum Gasteiger partial charge on any atom is 0.234 e. The molecule has 3 rings (SSSR count). The molecule has 3 nitrogen and oxygen atoms in total. The lowest BCUT2D eigenvalue weighted by atomic mass is 10.2. The van der Waals surface area contributed by atoms with Crippen molar-refractivity contribution in [2.45, 2.75) is 30.7 Å². The van der Waals surface area contributed by atoms with Crippen molar-refractivity contribution < 1.29 is 4.79 Å². The van der Waals surface area contributed by atoms with Gasteiger partial charge in [-0.2, -0.15) is 0 Å². The first-order valence-electron chi connectivity index (χ1n) is 6.05. The van der Waals surface area contributed by atoms with Crippen molar-refractivity contribution in [3.63, 3.8) is 0 Å². The van der Waals surface area contributed by atoms with Gasteiger partial charge in [0, 0.05) is 16.6 Å². The minimum Gasteiger partial charge on any atom is -0.382 e. The van der Waals surface area contributed by atoms with E-state index in [4.69, 9.17) is 0 Å². The third-order valence-corrected chi connectivity index (χ3v) is 4.41. The van der Waals surface area contributed by atoms with E-state index in [0.717, 1.165) is 22.2 Å². The fourth-order valence-electron chi connectivity index (χ4n) is 2.15. The van der Waals surface area contributed by atoms with Crippen LogP contribution in [0.5, 0.6) is 0 Å². The molecule has 0 spiro atoms. The van der Waals surface area contributed by atoms with Crippen molar-refractivity contribution in [1.82, 2.24) is 0 Å². The number of carbonyl (C=O) groups is 1. The second-order valence-corrected chi connectivity index (χ2v) is 5.84. The predicted molar refractivity (Wildman–Crippen MR) is 71.6 cm³/mol. The molecule has 1 fully saturated rings. The summed E-state index contributed by atoms with van der Waals surface area (Å²) in [7, 11) is 0. The largest absolute Gasteiger partial charge is 0.382 e. The standard InChI is InChI=1S/C13H16N2OS/c1-8(9-2-3-9)14-10-4-5-12-11(6-10)15-13(16)7-17-12/h4-6,8-9,14H,2-3,7H2,1H3,(H,15,16). The van der Waals surface area contributed by atoms with Gasteiger partial charge in [0.05, 0.1) is 11.4 Å². The molecule has 1 heterocycles. The number of rotatable bonds is 3. The molecule has 2 N–H and O–H groups in total. The number of nitrogens with one attached hydrogen (secondary N) is 2. The van der Waals surface area contributed by atoms with Crippen LogP contribution in [0.2, 0.25) is 0 Å². The van der Waals surface area contributed by atoms with E-state index in [2.05, 4.69) is 29.7 Å². The van der Waals surface area contributed by atoms with E-state index in [1.54, 1.807) is 11.8 Å². The third-order valence-electron chi connectivity index (χ3n) is 3.34. The summed E-state index contributed by atoms with van der Waals surface area (Å²) in [5, 5.41) is 6.43. The Balaban J connectivity index is 1.77. The lowest BCUT2D eigenvalue weighted by Crippen LogP contribution is -2.20. The molecule has 90 valence electrons. The SMILES string of the molecule is CC(Nc1ccc2c(c1)NC(=O)CS2)C1CC1.